The molecule has 1 aromatic heterocycles. The maximum atomic E-state index is 13.0. The SMILES string of the molecule is CC[C@H](Cc1ccccc1)C(=O)N(C)c1nc(-c2cc(OC(F)F)ccc2Cl)cs1. The van der Waals surface area contributed by atoms with Gasteiger partial charge in [0.25, 0.3) is 0 Å². The molecule has 30 heavy (non-hydrogen) atoms. The average molecular weight is 451 g/mol. The van der Waals surface area contributed by atoms with Gasteiger partial charge in [-0.2, -0.15) is 8.78 Å². The van der Waals surface area contributed by atoms with Crippen LogP contribution >= 0.6 is 22.9 Å². The smallest absolute Gasteiger partial charge is 0.387 e. The lowest BCUT2D eigenvalue weighted by Gasteiger charge is -2.21. The van der Waals surface area contributed by atoms with E-state index in [2.05, 4.69) is 9.72 Å². The lowest BCUT2D eigenvalue weighted by Crippen LogP contribution is -2.33. The summed E-state index contributed by atoms with van der Waals surface area (Å²) in [6.45, 7) is -0.940. The van der Waals surface area contributed by atoms with Crippen LogP contribution in [0.25, 0.3) is 11.3 Å². The number of hydrogen-bond acceptors (Lipinski definition) is 4. The highest BCUT2D eigenvalue weighted by molar-refractivity contribution is 7.14. The van der Waals surface area contributed by atoms with Crippen LogP contribution in [0.3, 0.4) is 0 Å². The van der Waals surface area contributed by atoms with Crippen LogP contribution in [-0.4, -0.2) is 24.6 Å². The standard InChI is InChI=1S/C22H21ClF2N2O2S/c1-3-15(11-14-7-5-4-6-8-14)20(28)27(2)22-26-19(13-30-22)17-12-16(29-21(24)25)9-10-18(17)23/h4-10,12-13,15,21H,3,11H2,1-2H3/t15-/m1/s1. The predicted octanol–water partition coefficient (Wildman–Crippen LogP) is 6.30. The van der Waals surface area contributed by atoms with Gasteiger partial charge >= 0.3 is 6.61 Å². The Labute approximate surface area is 183 Å². The van der Waals surface area contributed by atoms with Gasteiger partial charge in [0.1, 0.15) is 5.75 Å². The van der Waals surface area contributed by atoms with Crippen molar-refractivity contribution in [1.29, 1.82) is 0 Å². The zero-order valence-corrected chi connectivity index (χ0v) is 18.1. The zero-order valence-electron chi connectivity index (χ0n) is 16.5. The molecule has 0 N–H and O–H groups in total. The number of nitrogens with zero attached hydrogens (tertiary/aromatic N) is 2. The summed E-state index contributed by atoms with van der Waals surface area (Å²) in [6, 6.07) is 14.1. The molecule has 3 aromatic rings. The van der Waals surface area contributed by atoms with Crippen molar-refractivity contribution in [3.63, 3.8) is 0 Å². The first-order valence-electron chi connectivity index (χ1n) is 9.40. The number of carbonyl (C=O) groups excluding carboxylic acids is 1. The third-order valence-electron chi connectivity index (χ3n) is 4.72. The molecule has 1 heterocycles. The van der Waals surface area contributed by atoms with E-state index in [1.165, 1.54) is 29.5 Å². The molecule has 2 aromatic carbocycles. The molecule has 0 spiro atoms. The van der Waals surface area contributed by atoms with Crippen molar-refractivity contribution >= 4 is 34.0 Å². The molecule has 0 bridgehead atoms. The molecule has 4 nitrogen and oxygen atoms in total. The lowest BCUT2D eigenvalue weighted by molar-refractivity contribution is -0.122. The fraction of sp³-hybridized carbons (Fsp3) is 0.273. The lowest BCUT2D eigenvalue weighted by atomic mass is 9.96. The Kier molecular flexibility index (Phi) is 7.39. The van der Waals surface area contributed by atoms with Gasteiger partial charge in [-0.25, -0.2) is 4.98 Å². The van der Waals surface area contributed by atoms with E-state index in [4.69, 9.17) is 11.6 Å². The Morgan fingerprint density at radius 3 is 2.63 bits per heavy atom. The second-order valence-electron chi connectivity index (χ2n) is 6.73. The number of hydrogen-bond donors (Lipinski definition) is 0. The number of carbonyl (C=O) groups is 1. The van der Waals surface area contributed by atoms with Gasteiger partial charge < -0.3 is 4.74 Å². The van der Waals surface area contributed by atoms with Crippen LogP contribution in [0.4, 0.5) is 13.9 Å². The predicted molar refractivity (Wildman–Crippen MR) is 117 cm³/mol. The van der Waals surface area contributed by atoms with E-state index >= 15 is 0 Å². The third-order valence-corrected chi connectivity index (χ3v) is 5.96. The average Bonchev–Trinajstić information content (AvgIpc) is 3.22. The quantitative estimate of drug-likeness (QED) is 0.404. The van der Waals surface area contributed by atoms with Gasteiger partial charge in [0, 0.05) is 23.9 Å². The molecule has 0 aliphatic heterocycles. The number of aromatic nitrogens is 1. The second-order valence-corrected chi connectivity index (χ2v) is 7.97. The van der Waals surface area contributed by atoms with E-state index in [1.807, 2.05) is 37.3 Å². The number of halogens is 3. The van der Waals surface area contributed by atoms with Gasteiger partial charge in [-0.15, -0.1) is 11.3 Å². The Morgan fingerprint density at radius 1 is 1.23 bits per heavy atom. The van der Waals surface area contributed by atoms with E-state index in [9.17, 15) is 13.6 Å². The van der Waals surface area contributed by atoms with E-state index in [-0.39, 0.29) is 17.6 Å². The van der Waals surface area contributed by atoms with Crippen LogP contribution in [0.5, 0.6) is 5.75 Å². The maximum Gasteiger partial charge on any atom is 0.387 e. The normalized spacial score (nSPS) is 12.1. The number of benzene rings is 2. The van der Waals surface area contributed by atoms with Crippen LogP contribution < -0.4 is 9.64 Å². The monoisotopic (exact) mass is 450 g/mol. The molecule has 8 heteroatoms. The number of thiazole rings is 1. The first-order chi connectivity index (χ1) is 14.4. The minimum absolute atomic E-state index is 0.00251. The van der Waals surface area contributed by atoms with Gasteiger partial charge in [-0.05, 0) is 36.6 Å². The fourth-order valence-electron chi connectivity index (χ4n) is 3.09. The van der Waals surface area contributed by atoms with Crippen LogP contribution in [0, 0.1) is 5.92 Å². The van der Waals surface area contributed by atoms with Gasteiger partial charge in [0.05, 0.1) is 10.7 Å². The minimum atomic E-state index is -2.93. The number of alkyl halides is 2. The van der Waals surface area contributed by atoms with Gasteiger partial charge in [0.15, 0.2) is 5.13 Å². The molecule has 0 aliphatic rings. The molecular formula is C22H21ClF2N2O2S. The first-order valence-corrected chi connectivity index (χ1v) is 10.7. The zero-order chi connectivity index (χ0) is 21.7. The molecule has 1 atom stereocenters. The number of rotatable bonds is 8. The van der Waals surface area contributed by atoms with E-state index in [0.29, 0.717) is 34.3 Å². The van der Waals surface area contributed by atoms with Crippen molar-refractivity contribution < 1.29 is 18.3 Å². The minimum Gasteiger partial charge on any atom is -0.435 e. The third kappa shape index (κ3) is 5.34. The Bertz CT molecular complexity index is 998. The first kappa shape index (κ1) is 22.2. The molecule has 1 amide bonds. The molecule has 158 valence electrons. The van der Waals surface area contributed by atoms with Crippen LogP contribution in [0.1, 0.15) is 18.9 Å². The summed E-state index contributed by atoms with van der Waals surface area (Å²) < 4.78 is 29.5. The molecule has 0 fully saturated rings. The van der Waals surface area contributed by atoms with Gasteiger partial charge in [0.2, 0.25) is 5.91 Å². The molecule has 3 rings (SSSR count). The van der Waals surface area contributed by atoms with Crippen molar-refractivity contribution in [3.05, 3.63) is 64.5 Å². The highest BCUT2D eigenvalue weighted by Crippen LogP contribution is 2.35. The fourth-order valence-corrected chi connectivity index (χ4v) is 4.10. The second kappa shape index (κ2) is 10.00. The summed E-state index contributed by atoms with van der Waals surface area (Å²) in [5.74, 6) is -0.198. The molecule has 0 aliphatic carbocycles. The summed E-state index contributed by atoms with van der Waals surface area (Å²) >= 11 is 7.51. The van der Waals surface area contributed by atoms with E-state index in [0.717, 1.165) is 5.56 Å². The van der Waals surface area contributed by atoms with E-state index in [1.54, 1.807) is 17.3 Å². The Hall–Kier alpha value is -2.51. The largest absolute Gasteiger partial charge is 0.435 e. The van der Waals surface area contributed by atoms with Crippen molar-refractivity contribution in [3.8, 4) is 17.0 Å². The van der Waals surface area contributed by atoms with Crippen molar-refractivity contribution in [2.45, 2.75) is 26.4 Å². The highest BCUT2D eigenvalue weighted by atomic mass is 35.5. The summed E-state index contributed by atoms with van der Waals surface area (Å²) in [5.41, 5.74) is 2.07. The molecular weight excluding hydrogens is 430 g/mol. The van der Waals surface area contributed by atoms with Gasteiger partial charge in [-0.1, -0.05) is 48.9 Å². The van der Waals surface area contributed by atoms with Crippen molar-refractivity contribution in [1.82, 2.24) is 4.98 Å². The van der Waals surface area contributed by atoms with E-state index < -0.39 is 6.61 Å². The topological polar surface area (TPSA) is 42.4 Å². The summed E-state index contributed by atoms with van der Waals surface area (Å²) in [5, 5.41) is 2.61. The number of ether oxygens (including phenoxy) is 1. The van der Waals surface area contributed by atoms with Crippen molar-refractivity contribution in [2.75, 3.05) is 11.9 Å². The molecule has 0 saturated carbocycles. The van der Waals surface area contributed by atoms with Crippen LogP contribution in [0.2, 0.25) is 5.02 Å². The van der Waals surface area contributed by atoms with Crippen LogP contribution in [-0.2, 0) is 11.2 Å². The molecule has 0 unspecified atom stereocenters. The Balaban J connectivity index is 1.78. The molecule has 0 saturated heterocycles. The summed E-state index contributed by atoms with van der Waals surface area (Å²) in [7, 11) is 1.69. The highest BCUT2D eigenvalue weighted by Gasteiger charge is 2.24. The van der Waals surface area contributed by atoms with Crippen LogP contribution in [0.15, 0.2) is 53.9 Å². The van der Waals surface area contributed by atoms with Gasteiger partial charge in [-0.3, -0.25) is 9.69 Å². The summed E-state index contributed by atoms with van der Waals surface area (Å²) in [4.78, 5) is 19.1. The summed E-state index contributed by atoms with van der Waals surface area (Å²) in [6.07, 6.45) is 1.35. The molecule has 0 radical (unpaired) electrons. The number of amides is 1. The Morgan fingerprint density at radius 2 is 1.97 bits per heavy atom. The maximum absolute atomic E-state index is 13.0. The van der Waals surface area contributed by atoms with Crippen molar-refractivity contribution in [2.24, 2.45) is 5.92 Å². The number of anilines is 1.